The number of anilines is 2. The number of non-ortho nitro benzene ring substituents is 1. The highest BCUT2D eigenvalue weighted by Gasteiger charge is 2.30. The molecule has 4 aromatic carbocycles. The number of nitro groups is 1. The van der Waals surface area contributed by atoms with Crippen molar-refractivity contribution in [1.82, 2.24) is 4.90 Å². The van der Waals surface area contributed by atoms with Crippen molar-refractivity contribution in [3.05, 3.63) is 154 Å². The summed E-state index contributed by atoms with van der Waals surface area (Å²) < 4.78 is 11.3. The molecule has 1 saturated heterocycles. The van der Waals surface area contributed by atoms with Crippen molar-refractivity contribution in [1.29, 1.82) is 0 Å². The molecule has 0 bridgehead atoms. The van der Waals surface area contributed by atoms with E-state index in [1.165, 1.54) is 24.3 Å². The van der Waals surface area contributed by atoms with Gasteiger partial charge in [-0.15, -0.1) is 0 Å². The lowest BCUT2D eigenvalue weighted by Gasteiger charge is -2.34. The molecule has 1 fully saturated rings. The summed E-state index contributed by atoms with van der Waals surface area (Å²) in [6.07, 6.45) is 2.78. The monoisotopic (exact) mass is 656 g/mol. The fourth-order valence-electron chi connectivity index (χ4n) is 5.55. The van der Waals surface area contributed by atoms with Gasteiger partial charge in [0.2, 0.25) is 11.8 Å². The van der Waals surface area contributed by atoms with Gasteiger partial charge < -0.3 is 19.8 Å². The zero-order valence-corrected chi connectivity index (χ0v) is 26.3. The molecule has 1 aliphatic rings. The molecular weight excluding hydrogens is 624 g/mol. The van der Waals surface area contributed by atoms with E-state index in [4.69, 9.17) is 9.15 Å². The quantitative estimate of drug-likeness (QED) is 0.0688. The zero-order valence-electron chi connectivity index (χ0n) is 26.3. The molecule has 49 heavy (non-hydrogen) atoms. The number of amides is 2. The second-order valence-electron chi connectivity index (χ2n) is 11.2. The molecular formula is C38H32N4O7. The number of furan rings is 1. The van der Waals surface area contributed by atoms with Crippen molar-refractivity contribution in [2.24, 2.45) is 0 Å². The number of hydrogen-bond donors (Lipinski definition) is 2. The van der Waals surface area contributed by atoms with Crippen LogP contribution in [0, 0.1) is 10.1 Å². The fraction of sp³-hybridized carbons (Fsp3) is 0.132. The number of hydrogen-bond acceptors (Lipinski definition) is 8. The summed E-state index contributed by atoms with van der Waals surface area (Å²) in [5.41, 5.74) is 2.76. The number of benzene rings is 4. The van der Waals surface area contributed by atoms with Crippen LogP contribution >= 0.6 is 0 Å². The van der Waals surface area contributed by atoms with Gasteiger partial charge in [0.1, 0.15) is 17.6 Å². The lowest BCUT2D eigenvalue weighted by molar-refractivity contribution is -0.384. The smallest absolute Gasteiger partial charge is 0.269 e. The van der Waals surface area contributed by atoms with E-state index < -0.39 is 16.9 Å². The van der Waals surface area contributed by atoms with Crippen LogP contribution in [0.1, 0.15) is 33.3 Å². The summed E-state index contributed by atoms with van der Waals surface area (Å²) in [6, 6.07) is 31.7. The van der Waals surface area contributed by atoms with Crippen LogP contribution in [0.25, 0.3) is 17.4 Å². The Labute approximate surface area is 282 Å². The number of nitrogens with zero attached hydrogens (tertiary/aromatic N) is 2. The molecule has 246 valence electrons. The fourth-order valence-corrected chi connectivity index (χ4v) is 5.55. The van der Waals surface area contributed by atoms with Gasteiger partial charge in [0.05, 0.1) is 23.8 Å². The highest BCUT2D eigenvalue weighted by molar-refractivity contribution is 6.15. The molecule has 0 radical (unpaired) electrons. The largest absolute Gasteiger partial charge is 0.457 e. The Hall–Kier alpha value is -6.17. The van der Waals surface area contributed by atoms with Gasteiger partial charge in [0.25, 0.3) is 5.69 Å². The van der Waals surface area contributed by atoms with Crippen LogP contribution in [0.15, 0.2) is 126 Å². The van der Waals surface area contributed by atoms with E-state index in [0.717, 1.165) is 5.56 Å². The molecule has 1 unspecified atom stereocenters. The molecule has 11 heteroatoms. The highest BCUT2D eigenvalue weighted by Crippen LogP contribution is 2.29. The van der Waals surface area contributed by atoms with E-state index in [0.29, 0.717) is 60.3 Å². The van der Waals surface area contributed by atoms with Crippen molar-refractivity contribution in [2.45, 2.75) is 6.04 Å². The third kappa shape index (κ3) is 8.04. The Morgan fingerprint density at radius 3 is 2.20 bits per heavy atom. The minimum Gasteiger partial charge on any atom is -0.457 e. The number of morpholine rings is 1. The third-order valence-electron chi connectivity index (χ3n) is 7.99. The summed E-state index contributed by atoms with van der Waals surface area (Å²) in [4.78, 5) is 53.1. The maximum Gasteiger partial charge on any atom is 0.269 e. The van der Waals surface area contributed by atoms with Gasteiger partial charge in [-0.2, -0.15) is 0 Å². The topological polar surface area (TPSA) is 144 Å². The minimum atomic E-state index is -0.600. The second kappa shape index (κ2) is 15.2. The standard InChI is InChI=1S/C38H32N4O7/c43-35(20-17-31-16-19-34(49-31)26-11-14-30(15-12-26)42(46)47)39-29-13-18-33(32(25-29)37(44)28-9-5-2-6-10-28)40-38(45)36(27-7-3-1-4-8-27)41-21-23-48-24-22-41/h1-20,25,36H,21-24H2,(H,39,43)(H,40,45)/b20-17+. The van der Waals surface area contributed by atoms with Gasteiger partial charge in [-0.05, 0) is 54.1 Å². The third-order valence-corrected chi connectivity index (χ3v) is 7.99. The highest BCUT2D eigenvalue weighted by atomic mass is 16.6. The van der Waals surface area contributed by atoms with Crippen molar-refractivity contribution in [3.8, 4) is 11.3 Å². The SMILES string of the molecule is O=C(/C=C/c1ccc(-c2ccc([N+](=O)[O-])cc2)o1)Nc1ccc(NC(=O)C(c2ccccc2)N2CCOCC2)c(C(=O)c2ccccc2)c1. The molecule has 1 aromatic heterocycles. The molecule has 5 aromatic rings. The van der Waals surface area contributed by atoms with E-state index in [9.17, 15) is 24.5 Å². The molecule has 6 rings (SSSR count). The van der Waals surface area contributed by atoms with E-state index >= 15 is 0 Å². The zero-order chi connectivity index (χ0) is 34.2. The Kier molecular flexibility index (Phi) is 10.1. The Bertz CT molecular complexity index is 1980. The van der Waals surface area contributed by atoms with Crippen LogP contribution < -0.4 is 10.6 Å². The van der Waals surface area contributed by atoms with Gasteiger partial charge >= 0.3 is 0 Å². The summed E-state index contributed by atoms with van der Waals surface area (Å²) in [6.45, 7) is 2.19. The van der Waals surface area contributed by atoms with Crippen LogP contribution in [-0.4, -0.2) is 53.7 Å². The number of nitro benzene ring substituents is 1. The molecule has 0 saturated carbocycles. The summed E-state index contributed by atoms with van der Waals surface area (Å²) >= 11 is 0. The normalized spacial score (nSPS) is 13.9. The van der Waals surface area contributed by atoms with Crippen LogP contribution in [0.5, 0.6) is 0 Å². The van der Waals surface area contributed by atoms with Crippen molar-refractivity contribution in [3.63, 3.8) is 0 Å². The molecule has 2 heterocycles. The maximum absolute atomic E-state index is 13.9. The Morgan fingerprint density at radius 2 is 1.51 bits per heavy atom. The number of carbonyl (C=O) groups excluding carboxylic acids is 3. The lowest BCUT2D eigenvalue weighted by atomic mass is 9.99. The van der Waals surface area contributed by atoms with Gasteiger partial charge in [-0.25, -0.2) is 0 Å². The van der Waals surface area contributed by atoms with Gasteiger partial charge in [0, 0.05) is 53.7 Å². The van der Waals surface area contributed by atoms with E-state index in [-0.39, 0.29) is 22.9 Å². The number of ether oxygens (including phenoxy) is 1. The maximum atomic E-state index is 13.9. The number of nitrogens with one attached hydrogen (secondary N) is 2. The molecule has 2 N–H and O–H groups in total. The minimum absolute atomic E-state index is 0.0273. The van der Waals surface area contributed by atoms with Gasteiger partial charge in [-0.1, -0.05) is 60.7 Å². The first-order valence-electron chi connectivity index (χ1n) is 15.6. The average molecular weight is 657 g/mol. The van der Waals surface area contributed by atoms with Crippen LogP contribution in [-0.2, 0) is 14.3 Å². The van der Waals surface area contributed by atoms with Crippen LogP contribution in [0.2, 0.25) is 0 Å². The molecule has 11 nitrogen and oxygen atoms in total. The number of rotatable bonds is 11. The second-order valence-corrected chi connectivity index (χ2v) is 11.2. The van der Waals surface area contributed by atoms with E-state index in [2.05, 4.69) is 15.5 Å². The molecule has 0 spiro atoms. The van der Waals surface area contributed by atoms with Crippen molar-refractivity contribution >= 4 is 40.7 Å². The van der Waals surface area contributed by atoms with Crippen LogP contribution in [0.3, 0.4) is 0 Å². The van der Waals surface area contributed by atoms with Crippen molar-refractivity contribution < 1.29 is 28.5 Å². The Morgan fingerprint density at radius 1 is 0.816 bits per heavy atom. The molecule has 1 aliphatic heterocycles. The predicted octanol–water partition coefficient (Wildman–Crippen LogP) is 6.75. The number of carbonyl (C=O) groups is 3. The first-order valence-corrected chi connectivity index (χ1v) is 15.6. The van der Waals surface area contributed by atoms with Crippen molar-refractivity contribution in [2.75, 3.05) is 36.9 Å². The molecule has 1 atom stereocenters. The average Bonchev–Trinajstić information content (AvgIpc) is 3.62. The number of ketones is 1. The first-order chi connectivity index (χ1) is 23.9. The first kappa shape index (κ1) is 32.8. The molecule has 0 aliphatic carbocycles. The summed E-state index contributed by atoms with van der Waals surface area (Å²) in [5, 5.41) is 16.7. The van der Waals surface area contributed by atoms with E-state index in [1.54, 1.807) is 66.7 Å². The lowest BCUT2D eigenvalue weighted by Crippen LogP contribution is -2.44. The van der Waals surface area contributed by atoms with E-state index in [1.807, 2.05) is 36.4 Å². The molecule has 2 amide bonds. The van der Waals surface area contributed by atoms with Gasteiger partial charge in [0.15, 0.2) is 5.78 Å². The summed E-state index contributed by atoms with van der Waals surface area (Å²) in [5.74, 6) is -0.199. The van der Waals surface area contributed by atoms with Gasteiger partial charge in [-0.3, -0.25) is 29.4 Å². The Balaban J connectivity index is 1.21. The van der Waals surface area contributed by atoms with Crippen LogP contribution in [0.4, 0.5) is 17.1 Å². The predicted molar refractivity (Wildman–Crippen MR) is 185 cm³/mol. The summed E-state index contributed by atoms with van der Waals surface area (Å²) in [7, 11) is 0.